The summed E-state index contributed by atoms with van der Waals surface area (Å²) in [6.07, 6.45) is 5.05. The molecule has 1 aliphatic carbocycles. The Balaban J connectivity index is 1.54. The van der Waals surface area contributed by atoms with Gasteiger partial charge in [-0.15, -0.1) is 0 Å². The van der Waals surface area contributed by atoms with Crippen molar-refractivity contribution in [3.05, 3.63) is 23.5 Å². The van der Waals surface area contributed by atoms with Crippen molar-refractivity contribution in [2.75, 3.05) is 45.9 Å². The van der Waals surface area contributed by atoms with Crippen LogP contribution in [0.2, 0.25) is 0 Å². The number of nitrogens with two attached hydrogens (primary N) is 1. The molecule has 0 bridgehead atoms. The minimum atomic E-state index is -0.684. The van der Waals surface area contributed by atoms with Gasteiger partial charge in [-0.3, -0.25) is 19.3 Å². The van der Waals surface area contributed by atoms with Crippen LogP contribution in [0.25, 0.3) is 0 Å². The summed E-state index contributed by atoms with van der Waals surface area (Å²) in [4.78, 5) is 45.2. The lowest BCUT2D eigenvalue weighted by molar-refractivity contribution is -0.144. The monoisotopic (exact) mass is 431 g/mol. The lowest BCUT2D eigenvalue weighted by atomic mass is 9.60. The van der Waals surface area contributed by atoms with Crippen molar-refractivity contribution in [2.45, 2.75) is 38.6 Å². The highest BCUT2D eigenvalue weighted by molar-refractivity contribution is 5.96. The van der Waals surface area contributed by atoms with Crippen LogP contribution in [0.15, 0.2) is 12.3 Å². The van der Waals surface area contributed by atoms with E-state index in [0.717, 1.165) is 51.3 Å². The Morgan fingerprint density at radius 1 is 1.26 bits per heavy atom. The Kier molecular flexibility index (Phi) is 6.34. The number of piperidine rings is 1. The maximum absolute atomic E-state index is 13.4. The van der Waals surface area contributed by atoms with Crippen LogP contribution in [0, 0.1) is 18.3 Å². The van der Waals surface area contributed by atoms with Crippen LogP contribution in [-0.2, 0) is 14.3 Å². The zero-order chi connectivity index (χ0) is 22.0. The summed E-state index contributed by atoms with van der Waals surface area (Å²) in [5.74, 6) is -0.595. The Hall–Kier alpha value is -2.39. The number of amides is 3. The van der Waals surface area contributed by atoms with Crippen LogP contribution in [0.4, 0.5) is 0 Å². The van der Waals surface area contributed by atoms with E-state index in [9.17, 15) is 14.4 Å². The molecular weight excluding hydrogens is 398 g/mol. The minimum Gasteiger partial charge on any atom is -0.379 e. The van der Waals surface area contributed by atoms with Crippen molar-refractivity contribution in [3.8, 4) is 0 Å². The van der Waals surface area contributed by atoms with Crippen molar-refractivity contribution in [2.24, 2.45) is 17.1 Å². The molecule has 2 aliphatic heterocycles. The number of likely N-dealkylation sites (tertiary alicyclic amines) is 1. The summed E-state index contributed by atoms with van der Waals surface area (Å²) in [6.45, 7) is 6.07. The molecule has 3 heterocycles. The second-order valence-electron chi connectivity index (χ2n) is 9.11. The third-order valence-corrected chi connectivity index (χ3v) is 7.39. The first kappa shape index (κ1) is 21.8. The highest BCUT2D eigenvalue weighted by atomic mass is 16.5. The number of carbonyl (C=O) groups excluding carboxylic acids is 3. The predicted molar refractivity (Wildman–Crippen MR) is 114 cm³/mol. The van der Waals surface area contributed by atoms with Gasteiger partial charge in [0.25, 0.3) is 5.91 Å². The summed E-state index contributed by atoms with van der Waals surface area (Å²) in [5.41, 5.74) is 6.06. The molecule has 9 heteroatoms. The van der Waals surface area contributed by atoms with Crippen LogP contribution in [0.5, 0.6) is 0 Å². The number of H-pyrrole nitrogens is 1. The molecule has 1 aromatic rings. The number of hydrogen-bond donors (Lipinski definition) is 3. The van der Waals surface area contributed by atoms with Gasteiger partial charge in [0.05, 0.1) is 30.7 Å². The number of ether oxygens (including phenoxy) is 1. The van der Waals surface area contributed by atoms with Gasteiger partial charge in [-0.25, -0.2) is 0 Å². The summed E-state index contributed by atoms with van der Waals surface area (Å²) in [6, 6.07) is 2.22. The van der Waals surface area contributed by atoms with Crippen molar-refractivity contribution in [1.82, 2.24) is 20.1 Å². The number of aromatic amines is 1. The normalized spacial score (nSPS) is 29.3. The summed E-state index contributed by atoms with van der Waals surface area (Å²) >= 11 is 0. The maximum atomic E-state index is 13.4. The van der Waals surface area contributed by atoms with E-state index < -0.39 is 11.3 Å². The topological polar surface area (TPSA) is 121 Å². The number of morpholine rings is 1. The van der Waals surface area contributed by atoms with E-state index in [-0.39, 0.29) is 24.3 Å². The molecule has 0 spiro atoms. The third-order valence-electron chi connectivity index (χ3n) is 7.39. The molecule has 2 saturated heterocycles. The van der Waals surface area contributed by atoms with E-state index in [1.54, 1.807) is 12.3 Å². The number of aromatic nitrogens is 1. The van der Waals surface area contributed by atoms with Crippen LogP contribution in [0.3, 0.4) is 0 Å². The molecule has 31 heavy (non-hydrogen) atoms. The quantitative estimate of drug-likeness (QED) is 0.618. The average molecular weight is 432 g/mol. The fraction of sp³-hybridized carbons (Fsp3) is 0.682. The van der Waals surface area contributed by atoms with Crippen molar-refractivity contribution < 1.29 is 19.1 Å². The number of nitrogens with one attached hydrogen (secondary N) is 2. The smallest absolute Gasteiger partial charge is 0.255 e. The van der Waals surface area contributed by atoms with Gasteiger partial charge in [0, 0.05) is 44.1 Å². The molecule has 0 aromatic carbocycles. The maximum Gasteiger partial charge on any atom is 0.255 e. The van der Waals surface area contributed by atoms with Crippen LogP contribution < -0.4 is 11.1 Å². The van der Waals surface area contributed by atoms with Crippen molar-refractivity contribution >= 4 is 17.7 Å². The minimum absolute atomic E-state index is 0.0467. The van der Waals surface area contributed by atoms with Crippen LogP contribution in [0.1, 0.15) is 41.7 Å². The SMILES string of the molecule is Cc1[nH]ccc1C(=O)N1CC[C@@H]2C[C@H](N3CCOCC3)CC[C@@]2(C(=O)NCC(N)=O)C1. The Labute approximate surface area is 182 Å². The second-order valence-corrected chi connectivity index (χ2v) is 9.11. The number of carbonyl (C=O) groups is 3. The highest BCUT2D eigenvalue weighted by Crippen LogP contribution is 2.48. The number of aryl methyl sites for hydroxylation is 1. The average Bonchev–Trinajstić information content (AvgIpc) is 3.22. The van der Waals surface area contributed by atoms with E-state index in [1.807, 2.05) is 11.8 Å². The first-order chi connectivity index (χ1) is 14.9. The molecule has 3 fully saturated rings. The lowest BCUT2D eigenvalue weighted by Gasteiger charge is -2.53. The molecule has 0 radical (unpaired) electrons. The van der Waals surface area contributed by atoms with E-state index in [2.05, 4.69) is 15.2 Å². The molecule has 1 saturated carbocycles. The van der Waals surface area contributed by atoms with Gasteiger partial charge in [0.15, 0.2) is 0 Å². The van der Waals surface area contributed by atoms with Crippen LogP contribution in [-0.4, -0.2) is 84.5 Å². The van der Waals surface area contributed by atoms with Gasteiger partial charge in [0.1, 0.15) is 0 Å². The van der Waals surface area contributed by atoms with Gasteiger partial charge in [-0.1, -0.05) is 0 Å². The number of hydrogen-bond acceptors (Lipinski definition) is 5. The van der Waals surface area contributed by atoms with E-state index >= 15 is 0 Å². The summed E-state index contributed by atoms with van der Waals surface area (Å²) in [5, 5.41) is 2.75. The number of fused-ring (bicyclic) bond motifs is 1. The largest absolute Gasteiger partial charge is 0.379 e. The number of nitrogens with zero attached hydrogens (tertiary/aromatic N) is 2. The molecule has 4 N–H and O–H groups in total. The molecule has 3 atom stereocenters. The first-order valence-electron chi connectivity index (χ1n) is 11.2. The molecule has 3 aliphatic rings. The summed E-state index contributed by atoms with van der Waals surface area (Å²) < 4.78 is 5.50. The van der Waals surface area contributed by atoms with Crippen LogP contribution >= 0.6 is 0 Å². The molecule has 170 valence electrons. The second kappa shape index (κ2) is 9.00. The zero-order valence-electron chi connectivity index (χ0n) is 18.2. The van der Waals surface area contributed by atoms with E-state index in [1.165, 1.54) is 0 Å². The van der Waals surface area contributed by atoms with Gasteiger partial charge in [0.2, 0.25) is 11.8 Å². The van der Waals surface area contributed by atoms with Gasteiger partial charge >= 0.3 is 0 Å². The standard InChI is InChI=1S/C22H33N5O4/c1-15-18(3-6-24-15)20(29)27-7-4-16-12-17(26-8-10-31-11-9-26)2-5-22(16,14-27)21(30)25-13-19(23)28/h3,6,16-17,24H,2,4-5,7-14H2,1H3,(H2,23,28)(H,25,30)/t16-,17-,22-/m1/s1. The Bertz CT molecular complexity index is 834. The summed E-state index contributed by atoms with van der Waals surface area (Å²) in [7, 11) is 0. The molecule has 9 nitrogen and oxygen atoms in total. The number of rotatable bonds is 5. The van der Waals surface area contributed by atoms with Gasteiger partial charge in [-0.05, 0) is 44.6 Å². The molecule has 0 unspecified atom stereocenters. The third kappa shape index (κ3) is 4.34. The van der Waals surface area contributed by atoms with E-state index in [4.69, 9.17) is 10.5 Å². The zero-order valence-corrected chi connectivity index (χ0v) is 18.2. The fourth-order valence-corrected chi connectivity index (χ4v) is 5.65. The highest BCUT2D eigenvalue weighted by Gasteiger charge is 2.53. The van der Waals surface area contributed by atoms with E-state index in [0.29, 0.717) is 31.1 Å². The van der Waals surface area contributed by atoms with Gasteiger partial charge < -0.3 is 25.7 Å². The first-order valence-corrected chi connectivity index (χ1v) is 11.2. The Morgan fingerprint density at radius 3 is 2.71 bits per heavy atom. The molecule has 1 aromatic heterocycles. The predicted octanol–water partition coefficient (Wildman–Crippen LogP) is 0.258. The lowest BCUT2D eigenvalue weighted by Crippen LogP contribution is -2.62. The number of primary amides is 1. The van der Waals surface area contributed by atoms with Crippen molar-refractivity contribution in [3.63, 3.8) is 0 Å². The molecule has 4 rings (SSSR count). The fourth-order valence-electron chi connectivity index (χ4n) is 5.65. The molecular formula is C22H33N5O4. The Morgan fingerprint density at radius 2 is 2.03 bits per heavy atom. The van der Waals surface area contributed by atoms with Crippen molar-refractivity contribution in [1.29, 1.82) is 0 Å². The van der Waals surface area contributed by atoms with Gasteiger partial charge in [-0.2, -0.15) is 0 Å². The molecule has 3 amide bonds.